The third-order valence-electron chi connectivity index (χ3n) is 3.68. The quantitative estimate of drug-likeness (QED) is 0.900. The summed E-state index contributed by atoms with van der Waals surface area (Å²) in [6.07, 6.45) is -2.40. The van der Waals surface area contributed by atoms with Crippen LogP contribution in [-0.2, 0) is 6.18 Å². The maximum absolute atomic E-state index is 12.7. The van der Waals surface area contributed by atoms with Gasteiger partial charge in [0.1, 0.15) is 11.5 Å². The molecule has 2 N–H and O–H groups in total. The lowest BCUT2D eigenvalue weighted by Gasteiger charge is -2.40. The third-order valence-corrected chi connectivity index (χ3v) is 3.68. The Hall–Kier alpha value is -1.30. The Morgan fingerprint density at radius 3 is 2.79 bits per heavy atom. The van der Waals surface area contributed by atoms with E-state index in [-0.39, 0.29) is 6.04 Å². The topological polar surface area (TPSA) is 42.2 Å². The molecule has 106 valence electrons. The van der Waals surface area contributed by atoms with E-state index >= 15 is 0 Å². The van der Waals surface area contributed by atoms with Gasteiger partial charge in [-0.25, -0.2) is 4.98 Å². The van der Waals surface area contributed by atoms with Crippen LogP contribution in [0, 0.1) is 5.92 Å². The van der Waals surface area contributed by atoms with E-state index in [9.17, 15) is 13.2 Å². The van der Waals surface area contributed by atoms with E-state index in [2.05, 4.69) is 11.9 Å². The number of nitrogens with zero attached hydrogens (tertiary/aromatic N) is 2. The first kappa shape index (κ1) is 14.1. The molecule has 2 unspecified atom stereocenters. The molecule has 0 amide bonds. The summed E-state index contributed by atoms with van der Waals surface area (Å²) < 4.78 is 38.1. The lowest BCUT2D eigenvalue weighted by atomic mass is 9.91. The van der Waals surface area contributed by atoms with Crippen LogP contribution < -0.4 is 10.6 Å². The number of nitrogens with two attached hydrogens (primary N) is 1. The van der Waals surface area contributed by atoms with Crippen molar-refractivity contribution in [3.05, 3.63) is 23.9 Å². The van der Waals surface area contributed by atoms with E-state index < -0.39 is 11.9 Å². The first-order valence-corrected chi connectivity index (χ1v) is 6.44. The number of aromatic nitrogens is 1. The molecule has 19 heavy (non-hydrogen) atoms. The highest BCUT2D eigenvalue weighted by atomic mass is 19.4. The van der Waals surface area contributed by atoms with Gasteiger partial charge in [0.05, 0.1) is 0 Å². The zero-order chi connectivity index (χ0) is 14.0. The van der Waals surface area contributed by atoms with Crippen molar-refractivity contribution in [2.24, 2.45) is 11.7 Å². The summed E-state index contributed by atoms with van der Waals surface area (Å²) in [5.74, 6) is 0.743. The minimum atomic E-state index is -4.41. The molecule has 0 spiro atoms. The Bertz CT molecular complexity index is 433. The van der Waals surface area contributed by atoms with Crippen LogP contribution in [0.15, 0.2) is 18.2 Å². The van der Waals surface area contributed by atoms with Crippen LogP contribution in [0.5, 0.6) is 0 Å². The van der Waals surface area contributed by atoms with Gasteiger partial charge in [-0.1, -0.05) is 13.0 Å². The number of alkyl halides is 3. The van der Waals surface area contributed by atoms with Gasteiger partial charge in [-0.05, 0) is 30.9 Å². The van der Waals surface area contributed by atoms with Crippen LogP contribution >= 0.6 is 0 Å². The number of anilines is 1. The molecule has 0 saturated carbocycles. The van der Waals surface area contributed by atoms with Gasteiger partial charge in [0.15, 0.2) is 0 Å². The van der Waals surface area contributed by atoms with Crippen molar-refractivity contribution in [3.63, 3.8) is 0 Å². The Kier molecular flexibility index (Phi) is 3.99. The Morgan fingerprint density at radius 2 is 2.16 bits per heavy atom. The number of piperidine rings is 1. The second-order valence-corrected chi connectivity index (χ2v) is 4.99. The van der Waals surface area contributed by atoms with Gasteiger partial charge >= 0.3 is 6.18 Å². The van der Waals surface area contributed by atoms with Crippen molar-refractivity contribution < 1.29 is 13.2 Å². The monoisotopic (exact) mass is 273 g/mol. The molecular weight excluding hydrogens is 255 g/mol. The predicted octanol–water partition coefficient (Wildman–Crippen LogP) is 2.66. The van der Waals surface area contributed by atoms with Crippen LogP contribution in [0.2, 0.25) is 0 Å². The van der Waals surface area contributed by atoms with Gasteiger partial charge in [-0.3, -0.25) is 0 Å². The van der Waals surface area contributed by atoms with Crippen molar-refractivity contribution in [3.8, 4) is 0 Å². The van der Waals surface area contributed by atoms with E-state index in [1.165, 1.54) is 6.07 Å². The normalized spacial score (nSPS) is 24.6. The van der Waals surface area contributed by atoms with E-state index in [0.717, 1.165) is 18.9 Å². The summed E-state index contributed by atoms with van der Waals surface area (Å²) in [5.41, 5.74) is 4.91. The van der Waals surface area contributed by atoms with Gasteiger partial charge in [-0.15, -0.1) is 0 Å². The molecule has 3 nitrogen and oxygen atoms in total. The number of hydrogen-bond acceptors (Lipinski definition) is 3. The molecule has 1 saturated heterocycles. The van der Waals surface area contributed by atoms with Gasteiger partial charge < -0.3 is 10.6 Å². The summed E-state index contributed by atoms with van der Waals surface area (Å²) in [6.45, 7) is 3.22. The summed E-state index contributed by atoms with van der Waals surface area (Å²) in [7, 11) is 0. The van der Waals surface area contributed by atoms with Crippen molar-refractivity contribution in [1.82, 2.24) is 4.98 Å². The van der Waals surface area contributed by atoms with Crippen molar-refractivity contribution in [1.29, 1.82) is 0 Å². The molecule has 2 atom stereocenters. The third kappa shape index (κ3) is 3.00. The van der Waals surface area contributed by atoms with Gasteiger partial charge in [0.2, 0.25) is 0 Å². The number of rotatable bonds is 2. The van der Waals surface area contributed by atoms with Crippen molar-refractivity contribution in [2.45, 2.75) is 32.0 Å². The van der Waals surface area contributed by atoms with E-state index in [4.69, 9.17) is 5.73 Å². The van der Waals surface area contributed by atoms with Crippen LogP contribution in [0.1, 0.15) is 25.5 Å². The molecule has 1 aromatic heterocycles. The molecule has 1 aliphatic rings. The standard InChI is InChI=1S/C13H18F3N3/c1-9-4-3-7-19(10(9)8-17)12-6-2-5-11(18-12)13(14,15)16/h2,5-6,9-10H,3-4,7-8,17H2,1H3. The van der Waals surface area contributed by atoms with E-state index in [1.54, 1.807) is 6.07 Å². The first-order valence-electron chi connectivity index (χ1n) is 6.44. The molecule has 6 heteroatoms. The molecule has 1 fully saturated rings. The molecule has 1 aliphatic heterocycles. The molecule has 0 aromatic carbocycles. The predicted molar refractivity (Wildman–Crippen MR) is 67.8 cm³/mol. The molecule has 2 heterocycles. The second-order valence-electron chi connectivity index (χ2n) is 4.99. The Labute approximate surface area is 110 Å². The highest BCUT2D eigenvalue weighted by Crippen LogP contribution is 2.31. The lowest BCUT2D eigenvalue weighted by molar-refractivity contribution is -0.141. The summed E-state index contributed by atoms with van der Waals surface area (Å²) in [6, 6.07) is 4.08. The summed E-state index contributed by atoms with van der Waals surface area (Å²) >= 11 is 0. The van der Waals surface area contributed by atoms with E-state index in [1.807, 2.05) is 4.90 Å². The van der Waals surface area contributed by atoms with Crippen LogP contribution in [0.4, 0.5) is 19.0 Å². The van der Waals surface area contributed by atoms with Gasteiger partial charge in [0.25, 0.3) is 0 Å². The molecule has 0 radical (unpaired) electrons. The second kappa shape index (κ2) is 5.36. The van der Waals surface area contributed by atoms with Gasteiger partial charge in [0, 0.05) is 19.1 Å². The molecule has 0 bridgehead atoms. The number of halogens is 3. The van der Waals surface area contributed by atoms with Gasteiger partial charge in [-0.2, -0.15) is 13.2 Å². The van der Waals surface area contributed by atoms with Crippen molar-refractivity contribution in [2.75, 3.05) is 18.0 Å². The molecule has 1 aromatic rings. The first-order chi connectivity index (χ1) is 8.93. The average Bonchev–Trinajstić information content (AvgIpc) is 2.37. The van der Waals surface area contributed by atoms with Crippen LogP contribution in [0.25, 0.3) is 0 Å². The largest absolute Gasteiger partial charge is 0.433 e. The van der Waals surface area contributed by atoms with Crippen LogP contribution in [-0.4, -0.2) is 24.1 Å². The average molecular weight is 273 g/mol. The van der Waals surface area contributed by atoms with E-state index in [0.29, 0.717) is 24.8 Å². The number of pyridine rings is 1. The fourth-order valence-electron chi connectivity index (χ4n) is 2.63. The lowest BCUT2D eigenvalue weighted by Crippen LogP contribution is -2.49. The van der Waals surface area contributed by atoms with Crippen LogP contribution in [0.3, 0.4) is 0 Å². The summed E-state index contributed by atoms with van der Waals surface area (Å²) in [4.78, 5) is 5.65. The van der Waals surface area contributed by atoms with Crippen molar-refractivity contribution >= 4 is 5.82 Å². The fraction of sp³-hybridized carbons (Fsp3) is 0.615. The zero-order valence-electron chi connectivity index (χ0n) is 10.8. The Morgan fingerprint density at radius 1 is 1.42 bits per heavy atom. The highest BCUT2D eigenvalue weighted by Gasteiger charge is 2.34. The smallest absolute Gasteiger partial charge is 0.352 e. The number of hydrogen-bond donors (Lipinski definition) is 1. The minimum Gasteiger partial charge on any atom is -0.352 e. The maximum atomic E-state index is 12.7. The minimum absolute atomic E-state index is 0.0599. The SMILES string of the molecule is CC1CCCN(c2cccc(C(F)(F)F)n2)C1CN. The summed E-state index contributed by atoms with van der Waals surface area (Å²) in [5, 5.41) is 0. The fourth-order valence-corrected chi connectivity index (χ4v) is 2.63. The maximum Gasteiger partial charge on any atom is 0.433 e. The molecular formula is C13H18F3N3. The Balaban J connectivity index is 2.30. The zero-order valence-corrected chi connectivity index (χ0v) is 10.8. The molecule has 2 rings (SSSR count). The molecule has 0 aliphatic carbocycles. The highest BCUT2D eigenvalue weighted by molar-refractivity contribution is 5.42.